The Bertz CT molecular complexity index is 1070. The molecule has 0 radical (unpaired) electrons. The number of hydrazine groups is 1. The van der Waals surface area contributed by atoms with E-state index in [1.807, 2.05) is 16.5 Å². The van der Waals surface area contributed by atoms with E-state index in [2.05, 4.69) is 5.43 Å². The number of aromatic nitrogens is 1. The molecule has 2 atom stereocenters. The van der Waals surface area contributed by atoms with Gasteiger partial charge in [-0.25, -0.2) is 5.01 Å². The quantitative estimate of drug-likeness (QED) is 0.438. The van der Waals surface area contributed by atoms with Crippen LogP contribution in [0, 0.1) is 12.8 Å². The lowest BCUT2D eigenvalue weighted by atomic mass is 9.76. The summed E-state index contributed by atoms with van der Waals surface area (Å²) in [5.74, 6) is -0.808. The van der Waals surface area contributed by atoms with Crippen molar-refractivity contribution in [3.63, 3.8) is 0 Å². The molecule has 4 rings (SSSR count). The third-order valence-corrected chi connectivity index (χ3v) is 7.46. The molecule has 2 aliphatic rings. The molecule has 2 heterocycles. The third-order valence-electron chi connectivity index (χ3n) is 7.46. The van der Waals surface area contributed by atoms with E-state index in [0.29, 0.717) is 49.6 Å². The fourth-order valence-electron chi connectivity index (χ4n) is 5.55. The van der Waals surface area contributed by atoms with Gasteiger partial charge in [-0.3, -0.25) is 10.2 Å². The number of hydrogen-bond donors (Lipinski definition) is 1. The lowest BCUT2D eigenvalue weighted by Crippen LogP contribution is -2.45. The van der Waals surface area contributed by atoms with Crippen LogP contribution in [0.3, 0.4) is 0 Å². The van der Waals surface area contributed by atoms with Gasteiger partial charge in [0.2, 0.25) is 0 Å². The number of benzene rings is 1. The average Bonchev–Trinajstić information content (AvgIpc) is 3.18. The van der Waals surface area contributed by atoms with Crippen LogP contribution < -0.4 is 5.43 Å². The van der Waals surface area contributed by atoms with Gasteiger partial charge in [0.25, 0.3) is 5.91 Å². The minimum atomic E-state index is -4.72. The summed E-state index contributed by atoms with van der Waals surface area (Å²) in [4.78, 5) is 12.8. The number of alkyl halides is 6. The standard InChI is InChI=1S/C26H31F6N3O/c1-17-21(24(36)33-35-11-3-2-4-12-35)10-13-34(17)16-18-6-5-7-19(14-18)22-15-20(25(27,28)29)8-9-23(22)26(30,31)32/h8-10,13,15,18-19H,2-7,11-12,14,16H2,1H3,(H,33,36). The molecular weight excluding hydrogens is 484 g/mol. The van der Waals surface area contributed by atoms with Crippen molar-refractivity contribution in [2.75, 3.05) is 13.1 Å². The summed E-state index contributed by atoms with van der Waals surface area (Å²) in [6.45, 7) is 3.95. The van der Waals surface area contributed by atoms with E-state index in [-0.39, 0.29) is 17.4 Å². The zero-order chi connectivity index (χ0) is 26.1. The number of rotatable bonds is 5. The Kier molecular flexibility index (Phi) is 7.73. The van der Waals surface area contributed by atoms with E-state index in [9.17, 15) is 31.1 Å². The summed E-state index contributed by atoms with van der Waals surface area (Å²) in [6, 6.07) is 3.49. The van der Waals surface area contributed by atoms with E-state index in [0.717, 1.165) is 44.5 Å². The molecule has 1 N–H and O–H groups in total. The third kappa shape index (κ3) is 6.07. The van der Waals surface area contributed by atoms with Gasteiger partial charge in [0.15, 0.2) is 0 Å². The second-order valence-corrected chi connectivity index (χ2v) is 9.98. The molecule has 1 aromatic carbocycles. The zero-order valence-corrected chi connectivity index (χ0v) is 20.2. The molecule has 1 amide bonds. The molecule has 198 valence electrons. The van der Waals surface area contributed by atoms with E-state index in [4.69, 9.17) is 0 Å². The predicted octanol–water partition coefficient (Wildman–Crippen LogP) is 6.94. The largest absolute Gasteiger partial charge is 0.416 e. The van der Waals surface area contributed by atoms with Gasteiger partial charge in [-0.2, -0.15) is 26.3 Å². The van der Waals surface area contributed by atoms with Crippen molar-refractivity contribution in [3.8, 4) is 0 Å². The van der Waals surface area contributed by atoms with Crippen LogP contribution in [0.15, 0.2) is 30.5 Å². The summed E-state index contributed by atoms with van der Waals surface area (Å²) >= 11 is 0. The Morgan fingerprint density at radius 2 is 1.69 bits per heavy atom. The Morgan fingerprint density at radius 3 is 2.36 bits per heavy atom. The second-order valence-electron chi connectivity index (χ2n) is 9.98. The first-order chi connectivity index (χ1) is 16.9. The van der Waals surface area contributed by atoms with Crippen LogP contribution in [0.25, 0.3) is 0 Å². The monoisotopic (exact) mass is 515 g/mol. The first kappa shape index (κ1) is 26.6. The molecule has 1 saturated heterocycles. The maximum absolute atomic E-state index is 13.6. The smallest absolute Gasteiger partial charge is 0.351 e. The van der Waals surface area contributed by atoms with Gasteiger partial charge in [-0.1, -0.05) is 12.8 Å². The molecule has 1 saturated carbocycles. The Labute approximate surface area is 206 Å². The first-order valence-electron chi connectivity index (χ1n) is 12.4. The fourth-order valence-corrected chi connectivity index (χ4v) is 5.55. The van der Waals surface area contributed by atoms with Gasteiger partial charge in [0, 0.05) is 31.5 Å². The van der Waals surface area contributed by atoms with Gasteiger partial charge >= 0.3 is 12.4 Å². The maximum Gasteiger partial charge on any atom is 0.416 e. The molecule has 0 spiro atoms. The molecule has 36 heavy (non-hydrogen) atoms. The van der Waals surface area contributed by atoms with Crippen molar-refractivity contribution in [3.05, 3.63) is 58.4 Å². The molecule has 0 bridgehead atoms. The van der Waals surface area contributed by atoms with E-state index in [1.165, 1.54) is 0 Å². The van der Waals surface area contributed by atoms with Crippen LogP contribution in [0.2, 0.25) is 0 Å². The Balaban J connectivity index is 1.49. The molecule has 2 fully saturated rings. The van der Waals surface area contributed by atoms with Crippen LogP contribution in [-0.2, 0) is 18.9 Å². The number of carbonyl (C=O) groups excluding carboxylic acids is 1. The van der Waals surface area contributed by atoms with Crippen molar-refractivity contribution < 1.29 is 31.1 Å². The van der Waals surface area contributed by atoms with E-state index in [1.54, 1.807) is 12.3 Å². The molecule has 1 aliphatic carbocycles. The van der Waals surface area contributed by atoms with Crippen molar-refractivity contribution in [1.82, 2.24) is 15.0 Å². The molecule has 4 nitrogen and oxygen atoms in total. The van der Waals surface area contributed by atoms with Gasteiger partial charge < -0.3 is 4.57 Å². The predicted molar refractivity (Wildman–Crippen MR) is 123 cm³/mol. The first-order valence-corrected chi connectivity index (χ1v) is 12.4. The fraction of sp³-hybridized carbons (Fsp3) is 0.577. The van der Waals surface area contributed by atoms with Crippen molar-refractivity contribution in [2.45, 2.75) is 76.7 Å². The van der Waals surface area contributed by atoms with Crippen LogP contribution in [0.5, 0.6) is 0 Å². The Morgan fingerprint density at radius 1 is 0.972 bits per heavy atom. The van der Waals surface area contributed by atoms with Crippen molar-refractivity contribution >= 4 is 5.91 Å². The summed E-state index contributed by atoms with van der Waals surface area (Å²) in [7, 11) is 0. The number of nitrogens with one attached hydrogen (secondary N) is 1. The lowest BCUT2D eigenvalue weighted by molar-refractivity contribution is -0.142. The second kappa shape index (κ2) is 10.5. The summed E-state index contributed by atoms with van der Waals surface area (Å²) in [5.41, 5.74) is 1.94. The summed E-state index contributed by atoms with van der Waals surface area (Å²) in [6.07, 6.45) is -2.25. The lowest BCUT2D eigenvalue weighted by Gasteiger charge is -2.32. The maximum atomic E-state index is 13.6. The molecular formula is C26H31F6N3O. The molecule has 1 aromatic heterocycles. The van der Waals surface area contributed by atoms with Gasteiger partial charge in [0.05, 0.1) is 16.7 Å². The minimum Gasteiger partial charge on any atom is -0.351 e. The van der Waals surface area contributed by atoms with Crippen LogP contribution in [-0.4, -0.2) is 28.6 Å². The van der Waals surface area contributed by atoms with Crippen molar-refractivity contribution in [1.29, 1.82) is 0 Å². The van der Waals surface area contributed by atoms with Crippen LogP contribution in [0.1, 0.15) is 83.6 Å². The number of amides is 1. The van der Waals surface area contributed by atoms with Gasteiger partial charge in [0.1, 0.15) is 0 Å². The highest BCUT2D eigenvalue weighted by Crippen LogP contribution is 2.44. The number of carbonyl (C=O) groups is 1. The summed E-state index contributed by atoms with van der Waals surface area (Å²) < 4.78 is 82.7. The number of piperidine rings is 1. The van der Waals surface area contributed by atoms with Gasteiger partial charge in [-0.15, -0.1) is 0 Å². The van der Waals surface area contributed by atoms with Crippen LogP contribution >= 0.6 is 0 Å². The van der Waals surface area contributed by atoms with Gasteiger partial charge in [-0.05, 0) is 80.7 Å². The Hall–Kier alpha value is -2.49. The zero-order valence-electron chi connectivity index (χ0n) is 20.2. The number of hydrogen-bond acceptors (Lipinski definition) is 2. The number of halogens is 6. The summed E-state index contributed by atoms with van der Waals surface area (Å²) in [5, 5.41) is 1.92. The average molecular weight is 516 g/mol. The SMILES string of the molecule is Cc1c(C(=O)NN2CCCCC2)ccn1CC1CCCC(c2cc(C(F)(F)F)ccc2C(F)(F)F)C1. The molecule has 2 unspecified atom stereocenters. The van der Waals surface area contributed by atoms with E-state index >= 15 is 0 Å². The van der Waals surface area contributed by atoms with E-state index < -0.39 is 29.4 Å². The highest BCUT2D eigenvalue weighted by Gasteiger charge is 2.39. The number of nitrogens with zero attached hydrogens (tertiary/aromatic N) is 2. The highest BCUT2D eigenvalue weighted by molar-refractivity contribution is 5.95. The normalized spacial score (nSPS) is 22.0. The van der Waals surface area contributed by atoms with Crippen LogP contribution in [0.4, 0.5) is 26.3 Å². The molecule has 1 aliphatic heterocycles. The molecule has 2 aromatic rings. The van der Waals surface area contributed by atoms with Crippen molar-refractivity contribution in [2.24, 2.45) is 5.92 Å². The minimum absolute atomic E-state index is 0.0107. The highest BCUT2D eigenvalue weighted by atomic mass is 19.4. The molecule has 10 heteroatoms. The topological polar surface area (TPSA) is 37.3 Å².